The third-order valence-electron chi connectivity index (χ3n) is 2.96. The number of carboxylic acids is 1. The zero-order chi connectivity index (χ0) is 10.1. The molecule has 1 saturated heterocycles. The molecule has 0 aromatic carbocycles. The Bertz CT molecular complexity index is 204. The quantitative estimate of drug-likeness (QED) is 0.726. The van der Waals surface area contributed by atoms with Crippen LogP contribution in [0.4, 0.5) is 0 Å². The number of nitrogens with two attached hydrogens (primary N) is 1. The molecule has 1 aliphatic heterocycles. The highest BCUT2D eigenvalue weighted by Gasteiger charge is 2.46. The summed E-state index contributed by atoms with van der Waals surface area (Å²) in [7, 11) is 0. The van der Waals surface area contributed by atoms with E-state index in [0.717, 1.165) is 17.9 Å². The van der Waals surface area contributed by atoms with Crippen molar-refractivity contribution in [3.8, 4) is 0 Å². The first-order chi connectivity index (χ1) is 5.87. The molecule has 3 N–H and O–H groups in total. The van der Waals surface area contributed by atoms with Crippen molar-refractivity contribution in [1.82, 2.24) is 0 Å². The molecule has 0 bridgehead atoms. The lowest BCUT2D eigenvalue weighted by Crippen LogP contribution is -2.52. The van der Waals surface area contributed by atoms with Gasteiger partial charge in [0.2, 0.25) is 0 Å². The highest BCUT2D eigenvalue weighted by Crippen LogP contribution is 2.45. The van der Waals surface area contributed by atoms with Crippen LogP contribution in [0, 0.1) is 5.41 Å². The van der Waals surface area contributed by atoms with E-state index in [2.05, 4.69) is 0 Å². The fourth-order valence-electron chi connectivity index (χ4n) is 1.77. The molecule has 13 heavy (non-hydrogen) atoms. The van der Waals surface area contributed by atoms with E-state index in [0.29, 0.717) is 0 Å². The summed E-state index contributed by atoms with van der Waals surface area (Å²) in [5, 5.41) is 8.84. The molecule has 1 atom stereocenters. The minimum atomic E-state index is -0.735. The van der Waals surface area contributed by atoms with E-state index in [4.69, 9.17) is 10.8 Å². The van der Waals surface area contributed by atoms with Crippen molar-refractivity contribution < 1.29 is 9.90 Å². The second kappa shape index (κ2) is 3.50. The minimum Gasteiger partial charge on any atom is -0.481 e. The molecule has 1 fully saturated rings. The predicted octanol–water partition coefficient (Wildman–Crippen LogP) is 1.32. The first kappa shape index (κ1) is 10.9. The molecule has 0 saturated carbocycles. The third kappa shape index (κ3) is 2.17. The summed E-state index contributed by atoms with van der Waals surface area (Å²) in [6.45, 7) is 3.86. The topological polar surface area (TPSA) is 63.3 Å². The molecule has 1 rings (SSSR count). The number of carboxylic acid groups (broad SMARTS) is 1. The van der Waals surface area contributed by atoms with Crippen LogP contribution in [0.25, 0.3) is 0 Å². The Morgan fingerprint density at radius 2 is 2.31 bits per heavy atom. The summed E-state index contributed by atoms with van der Waals surface area (Å²) in [6.07, 6.45) is 1.12. The van der Waals surface area contributed by atoms with Gasteiger partial charge in [-0.2, -0.15) is 11.8 Å². The van der Waals surface area contributed by atoms with Crippen LogP contribution in [0.15, 0.2) is 0 Å². The Balaban J connectivity index is 2.81. The van der Waals surface area contributed by atoms with Gasteiger partial charge in [-0.3, -0.25) is 4.79 Å². The van der Waals surface area contributed by atoms with Crippen LogP contribution in [0.2, 0.25) is 0 Å². The van der Waals surface area contributed by atoms with Crippen molar-refractivity contribution >= 4 is 17.7 Å². The smallest absolute Gasteiger partial charge is 0.304 e. The summed E-state index contributed by atoms with van der Waals surface area (Å²) in [6, 6.07) is 0. The maximum Gasteiger partial charge on any atom is 0.304 e. The van der Waals surface area contributed by atoms with Crippen molar-refractivity contribution in [2.24, 2.45) is 11.1 Å². The number of carbonyl (C=O) groups is 1. The number of aliphatic carboxylic acids is 1. The number of rotatable bonds is 3. The average Bonchev–Trinajstić information content (AvgIpc) is 2.33. The SMILES string of the molecule is CC(C)(N)C1(CC(=O)O)CCSC1. The molecule has 76 valence electrons. The average molecular weight is 203 g/mol. The fraction of sp³-hybridized carbons (Fsp3) is 0.889. The van der Waals surface area contributed by atoms with Gasteiger partial charge in [-0.15, -0.1) is 0 Å². The van der Waals surface area contributed by atoms with Crippen LogP contribution in [-0.4, -0.2) is 28.1 Å². The van der Waals surface area contributed by atoms with Crippen molar-refractivity contribution in [3.63, 3.8) is 0 Å². The number of thioether (sulfide) groups is 1. The molecule has 0 aliphatic carbocycles. The lowest BCUT2D eigenvalue weighted by atomic mass is 9.69. The van der Waals surface area contributed by atoms with E-state index in [-0.39, 0.29) is 11.8 Å². The molecular formula is C9H17NO2S. The van der Waals surface area contributed by atoms with E-state index >= 15 is 0 Å². The molecule has 1 unspecified atom stereocenters. The molecule has 1 heterocycles. The largest absolute Gasteiger partial charge is 0.481 e. The van der Waals surface area contributed by atoms with Gasteiger partial charge >= 0.3 is 5.97 Å². The Morgan fingerprint density at radius 1 is 1.69 bits per heavy atom. The lowest BCUT2D eigenvalue weighted by molar-refractivity contribution is -0.140. The summed E-state index contributed by atoms with van der Waals surface area (Å²) >= 11 is 1.81. The second-order valence-corrected chi connectivity index (χ2v) is 5.48. The fourth-order valence-corrected chi connectivity index (χ4v) is 3.46. The van der Waals surface area contributed by atoms with Crippen LogP contribution in [0.3, 0.4) is 0 Å². The molecule has 0 amide bonds. The van der Waals surface area contributed by atoms with Gasteiger partial charge in [0.05, 0.1) is 6.42 Å². The molecule has 3 nitrogen and oxygen atoms in total. The van der Waals surface area contributed by atoms with E-state index in [9.17, 15) is 4.79 Å². The maximum atomic E-state index is 10.7. The van der Waals surface area contributed by atoms with Crippen LogP contribution >= 0.6 is 11.8 Å². The molecule has 0 spiro atoms. The van der Waals surface area contributed by atoms with Gasteiger partial charge in [0.15, 0.2) is 0 Å². The van der Waals surface area contributed by atoms with E-state index < -0.39 is 11.5 Å². The standard InChI is InChI=1S/C9H17NO2S/c1-8(2,10)9(5-7(11)12)3-4-13-6-9/h3-6,10H2,1-2H3,(H,11,12). The molecule has 4 heteroatoms. The van der Waals surface area contributed by atoms with Crippen molar-refractivity contribution in [1.29, 1.82) is 0 Å². The van der Waals surface area contributed by atoms with Crippen LogP contribution < -0.4 is 5.73 Å². The van der Waals surface area contributed by atoms with E-state index in [1.54, 1.807) is 11.8 Å². The van der Waals surface area contributed by atoms with Gasteiger partial charge < -0.3 is 10.8 Å². The van der Waals surface area contributed by atoms with Crippen LogP contribution in [0.5, 0.6) is 0 Å². The highest BCUT2D eigenvalue weighted by molar-refractivity contribution is 7.99. The summed E-state index contributed by atoms with van der Waals surface area (Å²) in [4.78, 5) is 10.7. The lowest BCUT2D eigenvalue weighted by Gasteiger charge is -2.40. The predicted molar refractivity (Wildman–Crippen MR) is 54.9 cm³/mol. The monoisotopic (exact) mass is 203 g/mol. The van der Waals surface area contributed by atoms with Gasteiger partial charge in [0.1, 0.15) is 0 Å². The van der Waals surface area contributed by atoms with Gasteiger partial charge in [0.25, 0.3) is 0 Å². The van der Waals surface area contributed by atoms with E-state index in [1.807, 2.05) is 13.8 Å². The molecule has 0 aromatic rings. The van der Waals surface area contributed by atoms with Crippen molar-refractivity contribution in [2.45, 2.75) is 32.2 Å². The first-order valence-electron chi connectivity index (χ1n) is 4.46. The van der Waals surface area contributed by atoms with Gasteiger partial charge in [-0.1, -0.05) is 0 Å². The summed E-state index contributed by atoms with van der Waals surface area (Å²) in [5.41, 5.74) is 5.45. The Kier molecular flexibility index (Phi) is 2.92. The Labute approximate surface area is 83.1 Å². The third-order valence-corrected chi connectivity index (χ3v) is 4.21. The molecule has 0 aromatic heterocycles. The van der Waals surface area contributed by atoms with E-state index in [1.165, 1.54) is 0 Å². The Morgan fingerprint density at radius 3 is 2.62 bits per heavy atom. The molecular weight excluding hydrogens is 186 g/mol. The highest BCUT2D eigenvalue weighted by atomic mass is 32.2. The normalized spacial score (nSPS) is 29.2. The minimum absolute atomic E-state index is 0.198. The molecule has 0 radical (unpaired) electrons. The molecule has 1 aliphatic rings. The number of hydrogen-bond acceptors (Lipinski definition) is 3. The van der Waals surface area contributed by atoms with Gasteiger partial charge in [0, 0.05) is 16.7 Å². The summed E-state index contributed by atoms with van der Waals surface area (Å²) < 4.78 is 0. The van der Waals surface area contributed by atoms with Gasteiger partial charge in [-0.05, 0) is 26.0 Å². The van der Waals surface area contributed by atoms with Crippen LogP contribution in [0.1, 0.15) is 26.7 Å². The van der Waals surface area contributed by atoms with Gasteiger partial charge in [-0.25, -0.2) is 0 Å². The van der Waals surface area contributed by atoms with Crippen LogP contribution in [-0.2, 0) is 4.79 Å². The number of hydrogen-bond donors (Lipinski definition) is 2. The zero-order valence-electron chi connectivity index (χ0n) is 8.17. The second-order valence-electron chi connectivity index (χ2n) is 4.38. The summed E-state index contributed by atoms with van der Waals surface area (Å²) in [5.74, 6) is 1.18. The van der Waals surface area contributed by atoms with Crippen molar-refractivity contribution in [2.75, 3.05) is 11.5 Å². The first-order valence-corrected chi connectivity index (χ1v) is 5.61. The maximum absolute atomic E-state index is 10.7. The van der Waals surface area contributed by atoms with Crippen molar-refractivity contribution in [3.05, 3.63) is 0 Å². The Hall–Kier alpha value is -0.220. The zero-order valence-corrected chi connectivity index (χ0v) is 8.99.